The van der Waals surface area contributed by atoms with Gasteiger partial charge in [0.15, 0.2) is 0 Å². The fourth-order valence-electron chi connectivity index (χ4n) is 4.75. The number of benzene rings is 1. The van der Waals surface area contributed by atoms with Gasteiger partial charge in [-0.3, -0.25) is 4.79 Å². The van der Waals surface area contributed by atoms with Gasteiger partial charge >= 0.3 is 0 Å². The lowest BCUT2D eigenvalue weighted by Crippen LogP contribution is -2.54. The zero-order valence-electron chi connectivity index (χ0n) is 17.3. The number of hydrogen-bond donors (Lipinski definition) is 1. The van der Waals surface area contributed by atoms with Crippen molar-refractivity contribution in [2.24, 2.45) is 5.92 Å². The van der Waals surface area contributed by atoms with E-state index >= 15 is 0 Å². The van der Waals surface area contributed by atoms with Crippen molar-refractivity contribution in [2.75, 3.05) is 13.1 Å². The first-order valence-electron chi connectivity index (χ1n) is 10.8. The van der Waals surface area contributed by atoms with Crippen LogP contribution >= 0.6 is 0 Å². The summed E-state index contributed by atoms with van der Waals surface area (Å²) in [7, 11) is 0. The molecule has 1 amide bonds. The Labute approximate surface area is 168 Å². The van der Waals surface area contributed by atoms with E-state index in [4.69, 9.17) is 9.47 Å². The van der Waals surface area contributed by atoms with E-state index in [1.807, 2.05) is 43.9 Å². The van der Waals surface area contributed by atoms with Crippen LogP contribution in [0.4, 0.5) is 0 Å². The maximum atomic E-state index is 13.0. The average Bonchev–Trinajstić information content (AvgIpc) is 3.48. The summed E-state index contributed by atoms with van der Waals surface area (Å²) in [5.41, 5.74) is 1.45. The fourth-order valence-corrected chi connectivity index (χ4v) is 4.75. The van der Waals surface area contributed by atoms with Gasteiger partial charge in [-0.1, -0.05) is 0 Å². The lowest BCUT2D eigenvalue weighted by atomic mass is 9.81. The molecule has 5 nitrogen and oxygen atoms in total. The quantitative estimate of drug-likeness (QED) is 0.856. The largest absolute Gasteiger partial charge is 0.491 e. The SMILES string of the molecule is Cc1cc(C(=O)N2CCC3(CC2)CC(O)CC(C2CC2)O3)ccc1OC(C)C. The summed E-state index contributed by atoms with van der Waals surface area (Å²) in [6.07, 6.45) is 5.63. The van der Waals surface area contributed by atoms with Crippen molar-refractivity contribution in [1.29, 1.82) is 0 Å². The summed E-state index contributed by atoms with van der Waals surface area (Å²) >= 11 is 0. The smallest absolute Gasteiger partial charge is 0.253 e. The van der Waals surface area contributed by atoms with Crippen molar-refractivity contribution >= 4 is 5.91 Å². The Bertz CT molecular complexity index is 719. The Morgan fingerprint density at radius 3 is 2.61 bits per heavy atom. The van der Waals surface area contributed by atoms with Crippen LogP contribution in [0.2, 0.25) is 0 Å². The van der Waals surface area contributed by atoms with Crippen LogP contribution in [0.3, 0.4) is 0 Å². The van der Waals surface area contributed by atoms with Crippen LogP contribution in [-0.2, 0) is 4.74 Å². The Balaban J connectivity index is 1.39. The Kier molecular flexibility index (Phi) is 5.41. The Hall–Kier alpha value is -1.59. The second-order valence-electron chi connectivity index (χ2n) is 9.21. The number of aryl methyl sites for hydroxylation is 1. The van der Waals surface area contributed by atoms with E-state index in [0.717, 1.165) is 30.6 Å². The second kappa shape index (κ2) is 7.68. The molecule has 0 radical (unpaired) electrons. The molecule has 0 bridgehead atoms. The summed E-state index contributed by atoms with van der Waals surface area (Å²) < 4.78 is 12.3. The van der Waals surface area contributed by atoms with Gasteiger partial charge in [0.1, 0.15) is 5.75 Å². The van der Waals surface area contributed by atoms with E-state index in [1.54, 1.807) is 0 Å². The third kappa shape index (κ3) is 4.20. The zero-order chi connectivity index (χ0) is 19.9. The van der Waals surface area contributed by atoms with Crippen molar-refractivity contribution in [3.8, 4) is 5.75 Å². The molecule has 1 aliphatic carbocycles. The summed E-state index contributed by atoms with van der Waals surface area (Å²) in [5.74, 6) is 1.55. The van der Waals surface area contributed by atoms with Gasteiger partial charge in [-0.15, -0.1) is 0 Å². The Morgan fingerprint density at radius 2 is 2.00 bits per heavy atom. The normalized spacial score (nSPS) is 27.2. The number of piperidine rings is 1. The molecule has 28 heavy (non-hydrogen) atoms. The van der Waals surface area contributed by atoms with Gasteiger partial charge in [-0.05, 0) is 82.6 Å². The van der Waals surface area contributed by atoms with E-state index in [0.29, 0.717) is 31.0 Å². The molecule has 2 aliphatic heterocycles. The van der Waals surface area contributed by atoms with E-state index in [9.17, 15) is 9.90 Å². The molecule has 1 aromatic carbocycles. The van der Waals surface area contributed by atoms with Crippen molar-refractivity contribution in [1.82, 2.24) is 4.90 Å². The van der Waals surface area contributed by atoms with Crippen LogP contribution in [0, 0.1) is 12.8 Å². The van der Waals surface area contributed by atoms with E-state index < -0.39 is 0 Å². The highest BCUT2D eigenvalue weighted by atomic mass is 16.5. The summed E-state index contributed by atoms with van der Waals surface area (Å²) in [4.78, 5) is 14.9. The minimum atomic E-state index is -0.266. The van der Waals surface area contributed by atoms with Gasteiger partial charge in [-0.2, -0.15) is 0 Å². The zero-order valence-corrected chi connectivity index (χ0v) is 17.3. The molecule has 1 saturated carbocycles. The number of hydrogen-bond acceptors (Lipinski definition) is 4. The van der Waals surface area contributed by atoms with Gasteiger partial charge in [-0.25, -0.2) is 0 Å². The molecule has 4 rings (SSSR count). The molecule has 1 N–H and O–H groups in total. The van der Waals surface area contributed by atoms with Gasteiger partial charge < -0.3 is 19.5 Å². The molecule has 0 aromatic heterocycles. The van der Waals surface area contributed by atoms with E-state index in [-0.39, 0.29) is 29.8 Å². The first-order chi connectivity index (χ1) is 13.3. The van der Waals surface area contributed by atoms with Gasteiger partial charge in [0.2, 0.25) is 0 Å². The summed E-state index contributed by atoms with van der Waals surface area (Å²) in [6.45, 7) is 7.35. The number of aliphatic hydroxyl groups excluding tert-OH is 1. The molecule has 2 heterocycles. The van der Waals surface area contributed by atoms with Gasteiger partial charge in [0.25, 0.3) is 5.91 Å². The lowest BCUT2D eigenvalue weighted by molar-refractivity contribution is -0.184. The molecule has 2 unspecified atom stereocenters. The Morgan fingerprint density at radius 1 is 1.29 bits per heavy atom. The second-order valence-corrected chi connectivity index (χ2v) is 9.21. The maximum absolute atomic E-state index is 13.0. The number of rotatable bonds is 4. The molecule has 3 aliphatic rings. The molecule has 1 spiro atoms. The predicted molar refractivity (Wildman–Crippen MR) is 108 cm³/mol. The standard InChI is InChI=1S/C23H33NO4/c1-15(2)27-20-7-6-18(12-16(20)3)22(26)24-10-8-23(9-11-24)14-19(25)13-21(28-23)17-4-5-17/h6-7,12,15,17,19,21,25H,4-5,8-11,13-14H2,1-3H3. The van der Waals surface area contributed by atoms with Gasteiger partial charge in [0.05, 0.1) is 23.9 Å². The number of carbonyl (C=O) groups excluding carboxylic acids is 1. The number of aliphatic hydroxyl groups is 1. The van der Waals surface area contributed by atoms with Crippen LogP contribution in [0.25, 0.3) is 0 Å². The third-order valence-corrected chi connectivity index (χ3v) is 6.41. The molecule has 154 valence electrons. The summed E-state index contributed by atoms with van der Waals surface area (Å²) in [6, 6.07) is 5.69. The van der Waals surface area contributed by atoms with Crippen LogP contribution < -0.4 is 4.74 Å². The molecular weight excluding hydrogens is 354 g/mol. The third-order valence-electron chi connectivity index (χ3n) is 6.41. The highest BCUT2D eigenvalue weighted by Crippen LogP contribution is 2.45. The fraction of sp³-hybridized carbons (Fsp3) is 0.696. The number of carbonyl (C=O) groups is 1. The maximum Gasteiger partial charge on any atom is 0.253 e. The molecule has 5 heteroatoms. The van der Waals surface area contributed by atoms with Crippen LogP contribution in [0.1, 0.15) is 68.3 Å². The monoisotopic (exact) mass is 387 g/mol. The number of nitrogens with zero attached hydrogens (tertiary/aromatic N) is 1. The first kappa shape index (κ1) is 19.7. The highest BCUT2D eigenvalue weighted by molar-refractivity contribution is 5.94. The van der Waals surface area contributed by atoms with Crippen molar-refractivity contribution in [3.05, 3.63) is 29.3 Å². The highest BCUT2D eigenvalue weighted by Gasteiger charge is 2.47. The minimum absolute atomic E-state index is 0.0733. The lowest BCUT2D eigenvalue weighted by Gasteiger charge is -2.48. The van der Waals surface area contributed by atoms with Crippen LogP contribution in [0.15, 0.2) is 18.2 Å². The number of amides is 1. The molecule has 2 saturated heterocycles. The molecule has 2 atom stereocenters. The molecular formula is C23H33NO4. The van der Waals surface area contributed by atoms with E-state index in [2.05, 4.69) is 0 Å². The van der Waals surface area contributed by atoms with Crippen LogP contribution in [-0.4, -0.2) is 52.9 Å². The first-order valence-corrected chi connectivity index (χ1v) is 10.8. The van der Waals surface area contributed by atoms with Crippen molar-refractivity contribution in [2.45, 2.75) is 83.2 Å². The number of likely N-dealkylation sites (tertiary alicyclic amines) is 1. The molecule has 1 aromatic rings. The average molecular weight is 388 g/mol. The van der Waals surface area contributed by atoms with Crippen molar-refractivity contribution < 1.29 is 19.4 Å². The predicted octanol–water partition coefficient (Wildman–Crippen LogP) is 3.71. The van der Waals surface area contributed by atoms with Gasteiger partial charge in [0, 0.05) is 25.1 Å². The van der Waals surface area contributed by atoms with Crippen LogP contribution in [0.5, 0.6) is 5.75 Å². The van der Waals surface area contributed by atoms with E-state index in [1.165, 1.54) is 12.8 Å². The minimum Gasteiger partial charge on any atom is -0.491 e. The van der Waals surface area contributed by atoms with Crippen molar-refractivity contribution in [3.63, 3.8) is 0 Å². The molecule has 3 fully saturated rings. The topological polar surface area (TPSA) is 59.0 Å². The summed E-state index contributed by atoms with van der Waals surface area (Å²) in [5, 5.41) is 10.4. The number of ether oxygens (including phenoxy) is 2.